The fourth-order valence-electron chi connectivity index (χ4n) is 1.86. The van der Waals surface area contributed by atoms with Crippen LogP contribution in [0.3, 0.4) is 0 Å². The van der Waals surface area contributed by atoms with E-state index in [4.69, 9.17) is 0 Å². The minimum absolute atomic E-state index is 0.130. The molecular weight excluding hydrogens is 300 g/mol. The molecule has 0 aliphatic rings. The second-order valence-electron chi connectivity index (χ2n) is 4.69. The standard InChI is InChI=1S/C15H18N4O2S/c1-10-12(8-11-6-4-3-5-7-11)18-15(17-10)22-9-13(20)19-14(21)16-2/h3-7H,8-9H2,1-2H3,(H,17,18)(H2,16,19,20,21). The Balaban J connectivity index is 1.92. The first kappa shape index (κ1) is 16.1. The first-order valence-electron chi connectivity index (χ1n) is 6.82. The van der Waals surface area contributed by atoms with Crippen LogP contribution in [0, 0.1) is 6.92 Å². The van der Waals surface area contributed by atoms with Crippen LogP contribution in [-0.2, 0) is 11.2 Å². The number of nitrogens with one attached hydrogen (secondary N) is 3. The van der Waals surface area contributed by atoms with Gasteiger partial charge in [-0.2, -0.15) is 0 Å². The van der Waals surface area contributed by atoms with Crippen molar-refractivity contribution >= 4 is 23.7 Å². The van der Waals surface area contributed by atoms with E-state index in [-0.39, 0.29) is 11.7 Å². The van der Waals surface area contributed by atoms with Crippen LogP contribution in [-0.4, -0.2) is 34.7 Å². The Bertz CT molecular complexity index is 655. The van der Waals surface area contributed by atoms with E-state index in [1.807, 2.05) is 25.1 Å². The van der Waals surface area contributed by atoms with Crippen molar-refractivity contribution in [3.8, 4) is 0 Å². The quantitative estimate of drug-likeness (QED) is 0.734. The van der Waals surface area contributed by atoms with Gasteiger partial charge in [0.05, 0.1) is 11.4 Å². The molecule has 116 valence electrons. The molecule has 0 aliphatic carbocycles. The Morgan fingerprint density at radius 3 is 2.68 bits per heavy atom. The number of thioether (sulfide) groups is 1. The summed E-state index contributed by atoms with van der Waals surface area (Å²) in [7, 11) is 1.46. The lowest BCUT2D eigenvalue weighted by Gasteiger charge is -2.01. The molecule has 0 saturated carbocycles. The first-order valence-corrected chi connectivity index (χ1v) is 7.81. The number of rotatable bonds is 5. The third-order valence-corrected chi connectivity index (χ3v) is 3.87. The van der Waals surface area contributed by atoms with Crippen molar-refractivity contribution in [2.75, 3.05) is 12.8 Å². The maximum absolute atomic E-state index is 11.5. The zero-order chi connectivity index (χ0) is 15.9. The Morgan fingerprint density at radius 1 is 1.27 bits per heavy atom. The number of carbonyl (C=O) groups excluding carboxylic acids is 2. The van der Waals surface area contributed by atoms with Crippen LogP contribution in [0.2, 0.25) is 0 Å². The third kappa shape index (κ3) is 4.63. The highest BCUT2D eigenvalue weighted by molar-refractivity contribution is 7.99. The van der Waals surface area contributed by atoms with Crippen molar-refractivity contribution in [2.45, 2.75) is 18.5 Å². The molecule has 0 atom stereocenters. The topological polar surface area (TPSA) is 86.9 Å². The number of imidazole rings is 1. The molecule has 0 spiro atoms. The number of aryl methyl sites for hydroxylation is 1. The molecule has 6 nitrogen and oxygen atoms in total. The molecule has 2 aromatic rings. The molecule has 0 unspecified atom stereocenters. The van der Waals surface area contributed by atoms with E-state index < -0.39 is 6.03 Å². The number of H-pyrrole nitrogens is 1. The zero-order valence-corrected chi connectivity index (χ0v) is 13.3. The van der Waals surface area contributed by atoms with Gasteiger partial charge in [-0.25, -0.2) is 9.78 Å². The van der Waals surface area contributed by atoms with Crippen LogP contribution in [0.1, 0.15) is 17.0 Å². The summed E-state index contributed by atoms with van der Waals surface area (Å²) in [6, 6.07) is 9.57. The largest absolute Gasteiger partial charge is 0.341 e. The number of hydrogen-bond acceptors (Lipinski definition) is 4. The molecule has 0 fully saturated rings. The number of benzene rings is 1. The molecule has 7 heteroatoms. The number of carbonyl (C=O) groups is 2. The lowest BCUT2D eigenvalue weighted by molar-refractivity contribution is -0.117. The van der Waals surface area contributed by atoms with Gasteiger partial charge in [0, 0.05) is 19.2 Å². The van der Waals surface area contributed by atoms with E-state index in [1.54, 1.807) is 0 Å². The molecule has 3 amide bonds. The second-order valence-corrected chi connectivity index (χ2v) is 5.66. The fourth-order valence-corrected chi connectivity index (χ4v) is 2.60. The van der Waals surface area contributed by atoms with Crippen molar-refractivity contribution in [3.63, 3.8) is 0 Å². The van der Waals surface area contributed by atoms with E-state index in [2.05, 4.69) is 32.7 Å². The van der Waals surface area contributed by atoms with E-state index in [9.17, 15) is 9.59 Å². The number of urea groups is 1. The summed E-state index contributed by atoms with van der Waals surface area (Å²) in [6.07, 6.45) is 0.744. The molecule has 1 aromatic carbocycles. The third-order valence-electron chi connectivity index (χ3n) is 3.00. The summed E-state index contributed by atoms with van der Waals surface area (Å²) in [6.45, 7) is 1.96. The Morgan fingerprint density at radius 2 is 2.00 bits per heavy atom. The van der Waals surface area contributed by atoms with Crippen LogP contribution in [0.4, 0.5) is 4.79 Å². The van der Waals surface area contributed by atoms with Gasteiger partial charge < -0.3 is 10.3 Å². The minimum Gasteiger partial charge on any atom is -0.341 e. The SMILES string of the molecule is CNC(=O)NC(=O)CSc1nc(Cc2ccccc2)c(C)[nH]1. The predicted octanol–water partition coefficient (Wildman–Crippen LogP) is 1.86. The van der Waals surface area contributed by atoms with E-state index >= 15 is 0 Å². The van der Waals surface area contributed by atoms with Crippen LogP contribution >= 0.6 is 11.8 Å². The number of aromatic nitrogens is 2. The second kappa shape index (κ2) is 7.65. The summed E-state index contributed by atoms with van der Waals surface area (Å²) in [5.74, 6) is -0.228. The van der Waals surface area contributed by atoms with Gasteiger partial charge in [0.2, 0.25) is 5.91 Å². The van der Waals surface area contributed by atoms with Gasteiger partial charge in [-0.05, 0) is 12.5 Å². The van der Waals surface area contributed by atoms with Crippen LogP contribution in [0.5, 0.6) is 0 Å². The molecular formula is C15H18N4O2S. The summed E-state index contributed by atoms with van der Waals surface area (Å²) < 4.78 is 0. The van der Waals surface area contributed by atoms with E-state index in [0.29, 0.717) is 5.16 Å². The van der Waals surface area contributed by atoms with Crippen LogP contribution in [0.15, 0.2) is 35.5 Å². The van der Waals surface area contributed by atoms with Crippen molar-refractivity contribution in [2.24, 2.45) is 0 Å². The zero-order valence-electron chi connectivity index (χ0n) is 12.5. The summed E-state index contributed by atoms with van der Waals surface area (Å²) in [4.78, 5) is 30.2. The fraction of sp³-hybridized carbons (Fsp3) is 0.267. The number of hydrogen-bond donors (Lipinski definition) is 3. The van der Waals surface area contributed by atoms with Gasteiger partial charge in [-0.15, -0.1) is 0 Å². The van der Waals surface area contributed by atoms with Crippen LogP contribution in [0.25, 0.3) is 0 Å². The highest BCUT2D eigenvalue weighted by Crippen LogP contribution is 2.18. The van der Waals surface area contributed by atoms with Crippen molar-refractivity contribution in [1.82, 2.24) is 20.6 Å². The molecule has 0 aliphatic heterocycles. The number of aromatic amines is 1. The summed E-state index contributed by atoms with van der Waals surface area (Å²) in [5.41, 5.74) is 3.13. The van der Waals surface area contributed by atoms with E-state index in [0.717, 1.165) is 17.8 Å². The molecule has 1 aromatic heterocycles. The highest BCUT2D eigenvalue weighted by Gasteiger charge is 2.11. The maximum atomic E-state index is 11.5. The van der Waals surface area contributed by atoms with Gasteiger partial charge >= 0.3 is 6.03 Å². The number of amides is 3. The number of nitrogens with zero attached hydrogens (tertiary/aromatic N) is 1. The molecule has 1 heterocycles. The molecule has 2 rings (SSSR count). The Kier molecular flexibility index (Phi) is 5.60. The molecule has 3 N–H and O–H groups in total. The lowest BCUT2D eigenvalue weighted by Crippen LogP contribution is -2.38. The monoisotopic (exact) mass is 318 g/mol. The molecule has 0 radical (unpaired) electrons. The van der Waals surface area contributed by atoms with Gasteiger partial charge in [0.15, 0.2) is 5.16 Å². The summed E-state index contributed by atoms with van der Waals surface area (Å²) >= 11 is 1.27. The van der Waals surface area contributed by atoms with Crippen LogP contribution < -0.4 is 10.6 Å². The van der Waals surface area contributed by atoms with E-state index in [1.165, 1.54) is 24.4 Å². The lowest BCUT2D eigenvalue weighted by atomic mass is 10.1. The predicted molar refractivity (Wildman–Crippen MR) is 85.9 cm³/mol. The number of imide groups is 1. The molecule has 22 heavy (non-hydrogen) atoms. The van der Waals surface area contributed by atoms with Crippen molar-refractivity contribution < 1.29 is 9.59 Å². The molecule has 0 bridgehead atoms. The first-order chi connectivity index (χ1) is 10.6. The Labute approximate surface area is 133 Å². The highest BCUT2D eigenvalue weighted by atomic mass is 32.2. The minimum atomic E-state index is -0.508. The average molecular weight is 318 g/mol. The summed E-state index contributed by atoms with van der Waals surface area (Å²) in [5, 5.41) is 5.22. The smallest absolute Gasteiger partial charge is 0.321 e. The van der Waals surface area contributed by atoms with Gasteiger partial charge in [-0.1, -0.05) is 42.1 Å². The van der Waals surface area contributed by atoms with Gasteiger partial charge in [-0.3, -0.25) is 10.1 Å². The van der Waals surface area contributed by atoms with Crippen molar-refractivity contribution in [3.05, 3.63) is 47.3 Å². The maximum Gasteiger partial charge on any atom is 0.321 e. The van der Waals surface area contributed by atoms with Gasteiger partial charge in [0.25, 0.3) is 0 Å². The average Bonchev–Trinajstić information content (AvgIpc) is 2.86. The Hall–Kier alpha value is -2.28. The normalized spacial score (nSPS) is 10.3. The van der Waals surface area contributed by atoms with Gasteiger partial charge in [0.1, 0.15) is 0 Å². The molecule has 0 saturated heterocycles. The van der Waals surface area contributed by atoms with Crippen molar-refractivity contribution in [1.29, 1.82) is 0 Å².